The molecule has 0 atom stereocenters. The van der Waals surface area contributed by atoms with E-state index in [4.69, 9.17) is 4.74 Å². The van der Waals surface area contributed by atoms with Crippen LogP contribution in [-0.2, 0) is 13.5 Å². The van der Waals surface area contributed by atoms with Crippen LogP contribution in [0.25, 0.3) is 43.6 Å². The topological polar surface area (TPSA) is 13.1 Å². The van der Waals surface area contributed by atoms with Crippen LogP contribution in [0.1, 0.15) is 42.4 Å². The van der Waals surface area contributed by atoms with Crippen molar-refractivity contribution in [2.45, 2.75) is 46.0 Å². The fourth-order valence-electron chi connectivity index (χ4n) is 6.61. The van der Waals surface area contributed by atoms with Crippen molar-refractivity contribution >= 4 is 32.3 Å². The van der Waals surface area contributed by atoms with E-state index in [1.807, 2.05) is 0 Å². The van der Waals surface area contributed by atoms with Crippen LogP contribution < -0.4 is 9.30 Å². The minimum Gasteiger partial charge on any atom is -0.455 e. The number of pyridine rings is 1. The van der Waals surface area contributed by atoms with Gasteiger partial charge in [-0.15, -0.1) is 0 Å². The fraction of sp³-hybridized carbons (Fsp3) is 0.281. The molecule has 0 saturated heterocycles. The van der Waals surface area contributed by atoms with Gasteiger partial charge < -0.3 is 4.74 Å². The second kappa shape index (κ2) is 7.30. The lowest BCUT2D eigenvalue weighted by molar-refractivity contribution is -0.659. The molecule has 0 spiro atoms. The van der Waals surface area contributed by atoms with Gasteiger partial charge in [0, 0.05) is 17.0 Å². The minimum absolute atomic E-state index is 0.851. The molecule has 4 aromatic carbocycles. The monoisotopic (exact) mass is 444 g/mol. The molecule has 7 rings (SSSR count). The molecule has 168 valence electrons. The Morgan fingerprint density at radius 2 is 1.59 bits per heavy atom. The van der Waals surface area contributed by atoms with Crippen molar-refractivity contribution in [3.8, 4) is 22.8 Å². The zero-order chi connectivity index (χ0) is 23.0. The van der Waals surface area contributed by atoms with Gasteiger partial charge in [0.25, 0.3) is 0 Å². The lowest BCUT2D eigenvalue weighted by atomic mass is 9.88. The maximum absolute atomic E-state index is 6.90. The Balaban J connectivity index is 1.52. The van der Waals surface area contributed by atoms with Crippen LogP contribution >= 0.6 is 0 Å². The number of fused-ring (bicyclic) bond motifs is 5. The van der Waals surface area contributed by atoms with Crippen LogP contribution in [0.3, 0.4) is 0 Å². The summed E-state index contributed by atoms with van der Waals surface area (Å²) < 4.78 is 9.17. The first kappa shape index (κ1) is 20.0. The second-order valence-electron chi connectivity index (χ2n) is 10.5. The van der Waals surface area contributed by atoms with E-state index in [0.29, 0.717) is 0 Å². The van der Waals surface area contributed by atoms with E-state index >= 15 is 0 Å². The molecule has 0 unspecified atom stereocenters. The van der Waals surface area contributed by atoms with Gasteiger partial charge in [-0.2, -0.15) is 0 Å². The molecule has 2 aliphatic rings. The first-order chi connectivity index (χ1) is 16.6. The first-order valence-electron chi connectivity index (χ1n) is 12.7. The van der Waals surface area contributed by atoms with Gasteiger partial charge >= 0.3 is 0 Å². The second-order valence-corrected chi connectivity index (χ2v) is 10.5. The number of benzene rings is 4. The Kier molecular flexibility index (Phi) is 4.30. The van der Waals surface area contributed by atoms with E-state index in [-0.39, 0.29) is 0 Å². The summed E-state index contributed by atoms with van der Waals surface area (Å²) in [6.07, 6.45) is 8.96. The van der Waals surface area contributed by atoms with Crippen LogP contribution in [0.5, 0.6) is 11.5 Å². The summed E-state index contributed by atoms with van der Waals surface area (Å²) in [7, 11) is 2.16. The van der Waals surface area contributed by atoms with Crippen molar-refractivity contribution in [1.82, 2.24) is 0 Å². The number of hydrogen-bond donors (Lipinski definition) is 0. The zero-order valence-electron chi connectivity index (χ0n) is 20.2. The number of hydrogen-bond acceptors (Lipinski definition) is 1. The highest BCUT2D eigenvalue weighted by molar-refractivity contribution is 6.13. The average Bonchev–Trinajstić information content (AvgIpc) is 3.37. The standard InChI is InChI=1S/C32H30NO/c1-19-25-10-6-7-11-26(25)20(2)31-28(19)30-29-23(14-15-33(30)3)18-24-17-22(16-21-8-4-5-9-21)12-13-27(24)32(29)34-31/h6-7,10-15,17-18,21H,4-5,8-9,16H2,1-3H3/q+1. The van der Waals surface area contributed by atoms with E-state index in [0.717, 1.165) is 17.4 Å². The highest BCUT2D eigenvalue weighted by atomic mass is 16.5. The van der Waals surface area contributed by atoms with Gasteiger partial charge in [0.2, 0.25) is 5.69 Å². The predicted molar refractivity (Wildman–Crippen MR) is 141 cm³/mol. The van der Waals surface area contributed by atoms with Crippen LogP contribution in [0, 0.1) is 19.8 Å². The summed E-state index contributed by atoms with van der Waals surface area (Å²) in [4.78, 5) is 0. The third-order valence-corrected chi connectivity index (χ3v) is 8.37. The Bertz CT molecular complexity index is 1640. The lowest BCUT2D eigenvalue weighted by Crippen LogP contribution is -2.32. The summed E-state index contributed by atoms with van der Waals surface area (Å²) in [6.45, 7) is 4.45. The fourth-order valence-corrected chi connectivity index (χ4v) is 6.61. The van der Waals surface area contributed by atoms with Gasteiger partial charge in [-0.05, 0) is 64.9 Å². The van der Waals surface area contributed by atoms with E-state index < -0.39 is 0 Å². The molecule has 0 N–H and O–H groups in total. The highest BCUT2D eigenvalue weighted by Gasteiger charge is 2.33. The highest BCUT2D eigenvalue weighted by Crippen LogP contribution is 2.52. The third-order valence-electron chi connectivity index (χ3n) is 8.37. The van der Waals surface area contributed by atoms with E-state index in [1.165, 1.54) is 92.4 Å². The van der Waals surface area contributed by atoms with Crippen LogP contribution in [-0.4, -0.2) is 0 Å². The number of nitrogens with zero attached hydrogens (tertiary/aromatic N) is 1. The van der Waals surface area contributed by atoms with Crippen molar-refractivity contribution in [3.05, 3.63) is 77.5 Å². The predicted octanol–water partition coefficient (Wildman–Crippen LogP) is 8.09. The molecule has 2 heterocycles. The zero-order valence-corrected chi connectivity index (χ0v) is 20.2. The molecular formula is C32H30NO+. The number of rotatable bonds is 2. The molecule has 1 saturated carbocycles. The van der Waals surface area contributed by atoms with Gasteiger partial charge in [-0.1, -0.05) is 68.1 Å². The normalized spacial score (nSPS) is 15.3. The molecule has 2 nitrogen and oxygen atoms in total. The largest absolute Gasteiger partial charge is 0.455 e. The summed E-state index contributed by atoms with van der Waals surface area (Å²) in [5, 5.41) is 7.56. The molecular weight excluding hydrogens is 414 g/mol. The summed E-state index contributed by atoms with van der Waals surface area (Å²) in [5.41, 5.74) is 6.46. The molecule has 0 amide bonds. The smallest absolute Gasteiger partial charge is 0.228 e. The van der Waals surface area contributed by atoms with Gasteiger partial charge in [0.15, 0.2) is 6.20 Å². The van der Waals surface area contributed by atoms with Crippen LogP contribution in [0.2, 0.25) is 0 Å². The molecule has 1 aliphatic heterocycles. The Morgan fingerprint density at radius 1 is 0.824 bits per heavy atom. The molecule has 1 aromatic heterocycles. The Labute approximate surface area is 200 Å². The molecule has 0 bridgehead atoms. The molecule has 5 aromatic rings. The summed E-state index contributed by atoms with van der Waals surface area (Å²) >= 11 is 0. The summed E-state index contributed by atoms with van der Waals surface area (Å²) in [6, 6.07) is 20.4. The molecule has 2 heteroatoms. The molecule has 0 radical (unpaired) electrons. The van der Waals surface area contributed by atoms with Crippen LogP contribution in [0.4, 0.5) is 0 Å². The number of aryl methyl sites for hydroxylation is 3. The van der Waals surface area contributed by atoms with Gasteiger partial charge in [0.05, 0.1) is 10.9 Å². The molecule has 1 fully saturated rings. The lowest BCUT2D eigenvalue weighted by Gasteiger charge is -2.25. The van der Waals surface area contributed by atoms with Crippen molar-refractivity contribution in [1.29, 1.82) is 0 Å². The van der Waals surface area contributed by atoms with Crippen molar-refractivity contribution < 1.29 is 9.30 Å². The van der Waals surface area contributed by atoms with E-state index in [1.54, 1.807) is 0 Å². The Hall–Kier alpha value is -3.39. The van der Waals surface area contributed by atoms with Gasteiger partial charge in [-0.3, -0.25) is 0 Å². The third kappa shape index (κ3) is 2.78. The number of aromatic nitrogens is 1. The SMILES string of the molecule is Cc1c2c(c(C)c3ccccc13)-c1c3c(c4ccc(CC5CCCC5)cc4cc3cc[n+]1C)O2. The maximum Gasteiger partial charge on any atom is 0.228 e. The minimum atomic E-state index is 0.851. The molecule has 1 aliphatic carbocycles. The van der Waals surface area contributed by atoms with Crippen molar-refractivity contribution in [2.75, 3.05) is 0 Å². The quantitative estimate of drug-likeness (QED) is 0.194. The van der Waals surface area contributed by atoms with Crippen molar-refractivity contribution in [2.24, 2.45) is 13.0 Å². The molecule has 34 heavy (non-hydrogen) atoms. The van der Waals surface area contributed by atoms with Crippen molar-refractivity contribution in [3.63, 3.8) is 0 Å². The van der Waals surface area contributed by atoms with Gasteiger partial charge in [0.1, 0.15) is 18.5 Å². The first-order valence-corrected chi connectivity index (χ1v) is 12.7. The van der Waals surface area contributed by atoms with E-state index in [9.17, 15) is 0 Å². The average molecular weight is 445 g/mol. The van der Waals surface area contributed by atoms with Gasteiger partial charge in [-0.25, -0.2) is 4.57 Å². The Morgan fingerprint density at radius 3 is 2.38 bits per heavy atom. The summed E-state index contributed by atoms with van der Waals surface area (Å²) in [5.74, 6) is 2.87. The van der Waals surface area contributed by atoms with Crippen LogP contribution in [0.15, 0.2) is 60.8 Å². The number of ether oxygens (including phenoxy) is 1. The van der Waals surface area contributed by atoms with E-state index in [2.05, 4.69) is 86.3 Å². The maximum atomic E-state index is 6.90.